The molecule has 0 aliphatic heterocycles. The van der Waals surface area contributed by atoms with E-state index in [0.29, 0.717) is 12.3 Å². The third-order valence-electron chi connectivity index (χ3n) is 3.95. The summed E-state index contributed by atoms with van der Waals surface area (Å²) in [7, 11) is -1.99. The van der Waals surface area contributed by atoms with E-state index in [2.05, 4.69) is 0 Å². The zero-order valence-corrected chi connectivity index (χ0v) is 13.8. The largest absolute Gasteiger partial charge is 0.481 e. The number of hydrogen-bond acceptors (Lipinski definition) is 2. The zero-order valence-electron chi connectivity index (χ0n) is 12.9. The number of hydrogen-bond donors (Lipinski definition) is 2. The highest BCUT2D eigenvalue weighted by Gasteiger charge is 2.42. The minimum Gasteiger partial charge on any atom is -0.481 e. The van der Waals surface area contributed by atoms with Gasteiger partial charge >= 0.3 is 5.97 Å². The second-order valence-electron chi connectivity index (χ2n) is 5.45. The number of carbonyl (C=O) groups excluding carboxylic acids is 1. The molecule has 0 heterocycles. The van der Waals surface area contributed by atoms with E-state index in [4.69, 9.17) is 5.73 Å². The van der Waals surface area contributed by atoms with Crippen molar-refractivity contribution in [2.75, 3.05) is 12.3 Å². The van der Waals surface area contributed by atoms with E-state index in [1.807, 2.05) is 60.7 Å². The summed E-state index contributed by atoms with van der Waals surface area (Å²) in [6, 6.07) is 19.8. The molecule has 2 aromatic rings. The van der Waals surface area contributed by atoms with Crippen LogP contribution in [0.3, 0.4) is 0 Å². The van der Waals surface area contributed by atoms with Crippen LogP contribution in [0.2, 0.25) is 0 Å². The van der Waals surface area contributed by atoms with Crippen molar-refractivity contribution in [2.24, 2.45) is 5.73 Å². The molecule has 2 aromatic carbocycles. The molecule has 3 N–H and O–H groups in total. The molecule has 0 atom stereocenters. The van der Waals surface area contributed by atoms with Crippen LogP contribution >= 0.6 is 7.26 Å². The van der Waals surface area contributed by atoms with Gasteiger partial charge < -0.3 is 10.8 Å². The van der Waals surface area contributed by atoms with Crippen molar-refractivity contribution < 1.29 is 14.7 Å². The van der Waals surface area contributed by atoms with Crippen LogP contribution in [-0.2, 0) is 9.59 Å². The summed E-state index contributed by atoms with van der Waals surface area (Å²) in [5, 5.41) is 11.4. The fourth-order valence-corrected chi connectivity index (χ4v) is 7.01. The van der Waals surface area contributed by atoms with Gasteiger partial charge in [0.2, 0.25) is 5.91 Å². The zero-order chi connectivity index (χ0) is 16.7. The highest BCUT2D eigenvalue weighted by molar-refractivity contribution is 7.89. The third kappa shape index (κ3) is 4.40. The van der Waals surface area contributed by atoms with Gasteiger partial charge in [-0.05, 0) is 24.3 Å². The lowest BCUT2D eigenvalue weighted by atomic mass is 10.4. The van der Waals surface area contributed by atoms with E-state index < -0.39 is 13.2 Å². The Morgan fingerprint density at radius 3 is 1.65 bits per heavy atom. The predicted octanol–water partition coefficient (Wildman–Crippen LogP) is 2.01. The monoisotopic (exact) mass is 330 g/mol. The summed E-state index contributed by atoms with van der Waals surface area (Å²) < 4.78 is 0. The lowest BCUT2D eigenvalue weighted by Gasteiger charge is -2.26. The van der Waals surface area contributed by atoms with Crippen LogP contribution in [0.5, 0.6) is 0 Å². The molecule has 1 amide bonds. The van der Waals surface area contributed by atoms with Gasteiger partial charge in [-0.1, -0.05) is 36.4 Å². The molecule has 0 aliphatic carbocycles. The van der Waals surface area contributed by atoms with E-state index in [0.717, 1.165) is 10.6 Å². The van der Waals surface area contributed by atoms with Crippen LogP contribution in [0.25, 0.3) is 0 Å². The molecule has 4 nitrogen and oxygen atoms in total. The second-order valence-corrected chi connectivity index (χ2v) is 9.31. The first-order valence-corrected chi connectivity index (χ1v) is 9.69. The molecule has 0 unspecified atom stereocenters. The first-order chi connectivity index (χ1) is 11.0. The van der Waals surface area contributed by atoms with Gasteiger partial charge in [0.25, 0.3) is 0 Å². The van der Waals surface area contributed by atoms with Crippen molar-refractivity contribution in [1.29, 1.82) is 0 Å². The Hall–Kier alpha value is -2.19. The first-order valence-electron chi connectivity index (χ1n) is 7.53. The van der Waals surface area contributed by atoms with E-state index in [9.17, 15) is 14.7 Å². The van der Waals surface area contributed by atoms with Crippen LogP contribution in [0.1, 0.15) is 12.8 Å². The molecular weight excluding hydrogens is 309 g/mol. The lowest BCUT2D eigenvalue weighted by molar-refractivity contribution is -0.136. The van der Waals surface area contributed by atoms with Crippen LogP contribution < -0.4 is 16.3 Å². The minimum absolute atomic E-state index is 0.0797. The van der Waals surface area contributed by atoms with E-state index >= 15 is 0 Å². The molecule has 0 aliphatic rings. The van der Waals surface area contributed by atoms with E-state index in [-0.39, 0.29) is 18.7 Å². The number of carboxylic acids is 1. The maximum Gasteiger partial charge on any atom is 0.307 e. The predicted molar refractivity (Wildman–Crippen MR) is 94.9 cm³/mol. The number of nitrogens with two attached hydrogens (primary N) is 1. The Kier molecular flexibility index (Phi) is 5.89. The molecule has 23 heavy (non-hydrogen) atoms. The molecular formula is C18H21NO3P+. The molecule has 0 aromatic heterocycles. The number of rotatable bonds is 8. The third-order valence-corrected chi connectivity index (χ3v) is 8.50. The van der Waals surface area contributed by atoms with Crippen molar-refractivity contribution >= 4 is 29.7 Å². The van der Waals surface area contributed by atoms with Crippen LogP contribution in [0, 0.1) is 0 Å². The standard InChI is InChI=1S/C18H20NO3P/c19-17(20)11-13-23(14-12-18(21)22,15-7-3-1-4-8-15)16-9-5-2-6-10-16/h1-10H,11-14H2,(H2-,19,20,21,22)/p+1. The summed E-state index contributed by atoms with van der Waals surface area (Å²) in [6.45, 7) is 0. The maximum atomic E-state index is 11.4. The molecule has 0 fully saturated rings. The molecule has 0 radical (unpaired) electrons. The topological polar surface area (TPSA) is 80.4 Å². The number of aliphatic carboxylic acids is 1. The van der Waals surface area contributed by atoms with Gasteiger partial charge in [-0.25, -0.2) is 0 Å². The Morgan fingerprint density at radius 1 is 0.826 bits per heavy atom. The SMILES string of the molecule is NC(=O)CC[P+](CCC(=O)O)(c1ccccc1)c1ccccc1. The number of amides is 1. The van der Waals surface area contributed by atoms with E-state index in [1.54, 1.807) is 0 Å². The smallest absolute Gasteiger partial charge is 0.307 e. The molecule has 0 saturated heterocycles. The Morgan fingerprint density at radius 2 is 1.26 bits per heavy atom. The maximum absolute atomic E-state index is 11.4. The molecule has 120 valence electrons. The molecule has 0 saturated carbocycles. The van der Waals surface area contributed by atoms with Gasteiger partial charge in [0.05, 0.1) is 43.0 Å². The van der Waals surface area contributed by atoms with Gasteiger partial charge in [-0.15, -0.1) is 0 Å². The average Bonchev–Trinajstić information content (AvgIpc) is 2.56. The molecule has 2 rings (SSSR count). The Labute approximate surface area is 136 Å². The number of benzene rings is 2. The highest BCUT2D eigenvalue weighted by atomic mass is 31.2. The van der Waals surface area contributed by atoms with Crippen molar-refractivity contribution in [3.8, 4) is 0 Å². The Bertz CT molecular complexity index is 599. The van der Waals surface area contributed by atoms with Crippen molar-refractivity contribution in [3.05, 3.63) is 60.7 Å². The molecule has 0 spiro atoms. The fraction of sp³-hybridized carbons (Fsp3) is 0.222. The number of carbonyl (C=O) groups is 2. The normalized spacial score (nSPS) is 11.1. The van der Waals surface area contributed by atoms with Gasteiger partial charge in [-0.2, -0.15) is 0 Å². The highest BCUT2D eigenvalue weighted by Crippen LogP contribution is 2.57. The number of primary amides is 1. The lowest BCUT2D eigenvalue weighted by Crippen LogP contribution is -2.30. The van der Waals surface area contributed by atoms with Crippen molar-refractivity contribution in [1.82, 2.24) is 0 Å². The van der Waals surface area contributed by atoms with Crippen LogP contribution in [0.15, 0.2) is 60.7 Å². The summed E-state index contributed by atoms with van der Waals surface area (Å²) in [5.41, 5.74) is 5.37. The van der Waals surface area contributed by atoms with Crippen molar-refractivity contribution in [3.63, 3.8) is 0 Å². The molecule has 5 heteroatoms. The summed E-state index contributed by atoms with van der Waals surface area (Å²) in [6.07, 6.45) is 1.47. The Balaban J connectivity index is 2.52. The van der Waals surface area contributed by atoms with Crippen molar-refractivity contribution in [2.45, 2.75) is 12.8 Å². The minimum atomic E-state index is -1.99. The first kappa shape index (κ1) is 17.2. The summed E-state index contributed by atoms with van der Waals surface area (Å²) in [5.74, 6) is -1.17. The summed E-state index contributed by atoms with van der Waals surface area (Å²) >= 11 is 0. The van der Waals surface area contributed by atoms with Gasteiger partial charge in [-0.3, -0.25) is 9.59 Å². The second kappa shape index (κ2) is 7.89. The van der Waals surface area contributed by atoms with E-state index in [1.165, 1.54) is 0 Å². The quantitative estimate of drug-likeness (QED) is 0.727. The van der Waals surface area contributed by atoms with Gasteiger partial charge in [0.1, 0.15) is 0 Å². The van der Waals surface area contributed by atoms with Gasteiger partial charge in [0.15, 0.2) is 0 Å². The van der Waals surface area contributed by atoms with Crippen LogP contribution in [-0.4, -0.2) is 29.3 Å². The number of carboxylic acid groups (broad SMARTS) is 1. The van der Waals surface area contributed by atoms with Gasteiger partial charge in [0, 0.05) is 0 Å². The summed E-state index contributed by atoms with van der Waals surface area (Å²) in [4.78, 5) is 22.5. The fourth-order valence-electron chi connectivity index (χ4n) is 2.79. The molecule has 0 bridgehead atoms. The van der Waals surface area contributed by atoms with Crippen LogP contribution in [0.4, 0.5) is 0 Å². The average molecular weight is 330 g/mol.